The molecule has 1 N–H and O–H groups in total. The summed E-state index contributed by atoms with van der Waals surface area (Å²) in [7, 11) is 4.69. The normalized spacial score (nSPS) is 12.1. The fourth-order valence-electron chi connectivity index (χ4n) is 3.17. The van der Waals surface area contributed by atoms with Crippen molar-refractivity contribution in [3.63, 3.8) is 0 Å². The van der Waals surface area contributed by atoms with Crippen molar-refractivity contribution in [3.8, 4) is 17.2 Å². The number of benzene rings is 2. The predicted molar refractivity (Wildman–Crippen MR) is 117 cm³/mol. The molecule has 0 spiro atoms. The first-order chi connectivity index (χ1) is 13.9. The maximum atomic E-state index is 12.6. The average Bonchev–Trinajstić information content (AvgIpc) is 2.74. The summed E-state index contributed by atoms with van der Waals surface area (Å²) in [6.07, 6.45) is 4.25. The van der Waals surface area contributed by atoms with Crippen molar-refractivity contribution in [1.82, 2.24) is 5.32 Å². The minimum atomic E-state index is -0.156. The molecule has 156 valence electrons. The number of nitrogens with one attached hydrogen (secondary N) is 1. The second-order valence-electron chi connectivity index (χ2n) is 7.12. The lowest BCUT2D eigenvalue weighted by atomic mass is 9.95. The van der Waals surface area contributed by atoms with Crippen molar-refractivity contribution in [3.05, 3.63) is 59.2 Å². The number of ether oxygens (including phenoxy) is 3. The highest BCUT2D eigenvalue weighted by Crippen LogP contribution is 2.38. The van der Waals surface area contributed by atoms with Crippen LogP contribution in [0.4, 0.5) is 0 Å². The van der Waals surface area contributed by atoms with Crippen LogP contribution in [0.3, 0.4) is 0 Å². The fourth-order valence-corrected chi connectivity index (χ4v) is 3.17. The number of carbonyl (C=O) groups excluding carboxylic acids is 1. The van der Waals surface area contributed by atoms with Gasteiger partial charge in [-0.15, -0.1) is 0 Å². The summed E-state index contributed by atoms with van der Waals surface area (Å²) < 4.78 is 16.0. The van der Waals surface area contributed by atoms with E-state index >= 15 is 0 Å². The first kappa shape index (κ1) is 22.3. The molecule has 1 amide bonds. The van der Waals surface area contributed by atoms with Gasteiger partial charge in [-0.05, 0) is 47.2 Å². The number of rotatable bonds is 9. The van der Waals surface area contributed by atoms with E-state index in [2.05, 4.69) is 50.4 Å². The van der Waals surface area contributed by atoms with E-state index in [4.69, 9.17) is 14.2 Å². The van der Waals surface area contributed by atoms with Gasteiger partial charge in [-0.1, -0.05) is 45.0 Å². The molecule has 0 aromatic heterocycles. The van der Waals surface area contributed by atoms with Crippen LogP contribution in [-0.2, 0) is 11.2 Å². The molecule has 0 saturated carbocycles. The van der Waals surface area contributed by atoms with E-state index in [1.165, 1.54) is 11.6 Å². The zero-order chi connectivity index (χ0) is 21.4. The molecule has 5 nitrogen and oxygen atoms in total. The van der Waals surface area contributed by atoms with E-state index in [0.29, 0.717) is 17.2 Å². The molecule has 0 aliphatic heterocycles. The highest BCUT2D eigenvalue weighted by Gasteiger charge is 2.17. The zero-order valence-corrected chi connectivity index (χ0v) is 18.1. The highest BCUT2D eigenvalue weighted by atomic mass is 16.5. The quantitative estimate of drug-likeness (QED) is 0.618. The van der Waals surface area contributed by atoms with Gasteiger partial charge in [0.05, 0.1) is 27.4 Å². The number of methoxy groups -OCH3 is 3. The summed E-state index contributed by atoms with van der Waals surface area (Å²) in [5.41, 5.74) is 3.17. The van der Waals surface area contributed by atoms with Gasteiger partial charge in [0, 0.05) is 6.08 Å². The minimum absolute atomic E-state index is 0.0574. The lowest BCUT2D eigenvalue weighted by Gasteiger charge is -2.22. The lowest BCUT2D eigenvalue weighted by molar-refractivity contribution is -0.117. The number of aryl methyl sites for hydroxylation is 1. The molecule has 29 heavy (non-hydrogen) atoms. The topological polar surface area (TPSA) is 56.8 Å². The van der Waals surface area contributed by atoms with Gasteiger partial charge in [-0.25, -0.2) is 0 Å². The van der Waals surface area contributed by atoms with Crippen LogP contribution >= 0.6 is 0 Å². The molecule has 2 rings (SSSR count). The fraction of sp³-hybridized carbons (Fsp3) is 0.375. The molecule has 0 bridgehead atoms. The molecule has 2 aromatic carbocycles. The monoisotopic (exact) mass is 397 g/mol. The second kappa shape index (κ2) is 10.6. The molecule has 0 aliphatic rings. The number of carbonyl (C=O) groups is 1. The van der Waals surface area contributed by atoms with Crippen molar-refractivity contribution in [2.24, 2.45) is 5.92 Å². The average molecular weight is 398 g/mol. The zero-order valence-electron chi connectivity index (χ0n) is 18.1. The Bertz CT molecular complexity index is 815. The largest absolute Gasteiger partial charge is 0.493 e. The molecular weight excluding hydrogens is 366 g/mol. The van der Waals surface area contributed by atoms with Crippen LogP contribution in [0.15, 0.2) is 42.5 Å². The van der Waals surface area contributed by atoms with Crippen molar-refractivity contribution in [2.75, 3.05) is 21.3 Å². The van der Waals surface area contributed by atoms with Gasteiger partial charge in [0.2, 0.25) is 11.7 Å². The third kappa shape index (κ3) is 5.76. The Morgan fingerprint density at radius 3 is 2.03 bits per heavy atom. The first-order valence-corrected chi connectivity index (χ1v) is 9.80. The van der Waals surface area contributed by atoms with Crippen LogP contribution in [0.2, 0.25) is 0 Å². The molecule has 0 aliphatic carbocycles. The second-order valence-corrected chi connectivity index (χ2v) is 7.12. The SMILES string of the molecule is CCc1ccc([C@@H](NC(=O)/C=C/c2cc(OC)c(OC)c(OC)c2)C(C)C)cc1. The van der Waals surface area contributed by atoms with Crippen molar-refractivity contribution in [2.45, 2.75) is 33.2 Å². The Morgan fingerprint density at radius 2 is 1.59 bits per heavy atom. The van der Waals surface area contributed by atoms with Crippen LogP contribution in [0.1, 0.15) is 43.5 Å². The van der Waals surface area contributed by atoms with Gasteiger partial charge in [0.25, 0.3) is 0 Å². The van der Waals surface area contributed by atoms with E-state index in [1.54, 1.807) is 39.5 Å². The van der Waals surface area contributed by atoms with E-state index in [9.17, 15) is 4.79 Å². The number of amides is 1. The summed E-state index contributed by atoms with van der Waals surface area (Å²) >= 11 is 0. The molecule has 0 radical (unpaired) electrons. The smallest absolute Gasteiger partial charge is 0.244 e. The number of hydrogen-bond donors (Lipinski definition) is 1. The van der Waals surface area contributed by atoms with Gasteiger partial charge < -0.3 is 19.5 Å². The lowest BCUT2D eigenvalue weighted by Crippen LogP contribution is -2.30. The summed E-state index contributed by atoms with van der Waals surface area (Å²) in [6.45, 7) is 6.33. The highest BCUT2D eigenvalue weighted by molar-refractivity contribution is 5.92. The molecular formula is C24H31NO4. The van der Waals surface area contributed by atoms with Gasteiger partial charge in [0.15, 0.2) is 11.5 Å². The minimum Gasteiger partial charge on any atom is -0.493 e. The van der Waals surface area contributed by atoms with E-state index < -0.39 is 0 Å². The summed E-state index contributed by atoms with van der Waals surface area (Å²) in [5.74, 6) is 1.72. The van der Waals surface area contributed by atoms with Crippen LogP contribution in [0, 0.1) is 5.92 Å². The Labute approximate surface area is 173 Å². The molecule has 0 fully saturated rings. The number of hydrogen-bond acceptors (Lipinski definition) is 4. The van der Waals surface area contributed by atoms with E-state index in [0.717, 1.165) is 17.5 Å². The molecule has 2 aromatic rings. The molecule has 0 saturated heterocycles. The molecule has 5 heteroatoms. The maximum absolute atomic E-state index is 12.6. The summed E-state index contributed by atoms with van der Waals surface area (Å²) in [6, 6.07) is 12.0. The summed E-state index contributed by atoms with van der Waals surface area (Å²) in [4.78, 5) is 12.6. The van der Waals surface area contributed by atoms with Gasteiger partial charge in [0.1, 0.15) is 0 Å². The van der Waals surface area contributed by atoms with Crippen LogP contribution in [-0.4, -0.2) is 27.2 Å². The Hall–Kier alpha value is -2.95. The Morgan fingerprint density at radius 1 is 1.00 bits per heavy atom. The van der Waals surface area contributed by atoms with Gasteiger partial charge in [-0.3, -0.25) is 4.79 Å². The third-order valence-electron chi connectivity index (χ3n) is 4.83. The Balaban J connectivity index is 2.18. The summed E-state index contributed by atoms with van der Waals surface area (Å²) in [5, 5.41) is 3.11. The van der Waals surface area contributed by atoms with Crippen molar-refractivity contribution in [1.29, 1.82) is 0 Å². The first-order valence-electron chi connectivity index (χ1n) is 9.80. The van der Waals surface area contributed by atoms with E-state index in [-0.39, 0.29) is 17.9 Å². The Kier molecular flexibility index (Phi) is 8.13. The maximum Gasteiger partial charge on any atom is 0.244 e. The van der Waals surface area contributed by atoms with Crippen LogP contribution in [0.25, 0.3) is 6.08 Å². The van der Waals surface area contributed by atoms with Crippen LogP contribution < -0.4 is 19.5 Å². The predicted octanol–water partition coefficient (Wildman–Crippen LogP) is 4.80. The molecule has 0 unspecified atom stereocenters. The van der Waals surface area contributed by atoms with Crippen molar-refractivity contribution >= 4 is 12.0 Å². The van der Waals surface area contributed by atoms with Gasteiger partial charge >= 0.3 is 0 Å². The molecule has 0 heterocycles. The molecule has 1 atom stereocenters. The van der Waals surface area contributed by atoms with E-state index in [1.807, 2.05) is 0 Å². The standard InChI is InChI=1S/C24H31NO4/c1-7-17-8-11-19(12-9-17)23(16(2)3)25-22(26)13-10-18-14-20(27-4)24(29-6)21(15-18)28-5/h8-16,23H,7H2,1-6H3,(H,25,26)/b13-10+/t23-/m0/s1. The van der Waals surface area contributed by atoms with Gasteiger partial charge in [-0.2, -0.15) is 0 Å². The van der Waals surface area contributed by atoms with Crippen molar-refractivity contribution < 1.29 is 19.0 Å². The van der Waals surface area contributed by atoms with Crippen LogP contribution in [0.5, 0.6) is 17.2 Å². The third-order valence-corrected chi connectivity index (χ3v) is 4.83.